The van der Waals surface area contributed by atoms with Gasteiger partial charge in [-0.15, -0.1) is 0 Å². The average molecular weight is 382 g/mol. The molecule has 0 amide bonds. The van der Waals surface area contributed by atoms with Gasteiger partial charge in [0, 0.05) is 61.6 Å². The van der Waals surface area contributed by atoms with Crippen molar-refractivity contribution in [3.05, 3.63) is 35.9 Å². The van der Waals surface area contributed by atoms with E-state index in [1.807, 2.05) is 30.3 Å². The highest BCUT2D eigenvalue weighted by atomic mass is 32.2. The van der Waals surface area contributed by atoms with Gasteiger partial charge in [-0.05, 0) is 18.4 Å². The van der Waals surface area contributed by atoms with Crippen LogP contribution < -0.4 is 10.6 Å². The SMILES string of the molecule is CN=C(NCCCOCC1CCOC1)NCCS(=O)Cc1ccccc1. The van der Waals surface area contributed by atoms with Crippen LogP contribution in [-0.2, 0) is 26.0 Å². The first-order chi connectivity index (χ1) is 12.8. The highest BCUT2D eigenvalue weighted by Gasteiger charge is 2.15. The van der Waals surface area contributed by atoms with Crippen LogP contribution in [0.1, 0.15) is 18.4 Å². The Morgan fingerprint density at radius 1 is 1.31 bits per heavy atom. The molecule has 6 nitrogen and oxygen atoms in total. The average Bonchev–Trinajstić information content (AvgIpc) is 3.17. The smallest absolute Gasteiger partial charge is 0.191 e. The van der Waals surface area contributed by atoms with Gasteiger partial charge in [-0.3, -0.25) is 9.20 Å². The van der Waals surface area contributed by atoms with Crippen LogP contribution in [0.15, 0.2) is 35.3 Å². The van der Waals surface area contributed by atoms with Crippen molar-refractivity contribution in [2.75, 3.05) is 52.3 Å². The summed E-state index contributed by atoms with van der Waals surface area (Å²) in [6.45, 7) is 4.67. The zero-order valence-corrected chi connectivity index (χ0v) is 16.4. The fourth-order valence-corrected chi connectivity index (χ4v) is 3.72. The van der Waals surface area contributed by atoms with E-state index in [1.165, 1.54) is 0 Å². The Balaban J connectivity index is 1.48. The van der Waals surface area contributed by atoms with Crippen molar-refractivity contribution < 1.29 is 13.7 Å². The van der Waals surface area contributed by atoms with E-state index < -0.39 is 10.8 Å². The summed E-state index contributed by atoms with van der Waals surface area (Å²) < 4.78 is 23.1. The van der Waals surface area contributed by atoms with Gasteiger partial charge in [-0.2, -0.15) is 0 Å². The Labute approximate surface area is 159 Å². The number of benzene rings is 1. The third-order valence-corrected chi connectivity index (χ3v) is 5.47. The molecule has 2 N–H and O–H groups in total. The van der Waals surface area contributed by atoms with E-state index in [-0.39, 0.29) is 0 Å². The molecule has 2 rings (SSSR count). The first kappa shape index (κ1) is 20.9. The summed E-state index contributed by atoms with van der Waals surface area (Å²) in [6.07, 6.45) is 2.04. The summed E-state index contributed by atoms with van der Waals surface area (Å²) in [4.78, 5) is 4.19. The first-order valence-corrected chi connectivity index (χ1v) is 10.8. The van der Waals surface area contributed by atoms with Crippen LogP contribution in [0, 0.1) is 5.92 Å². The minimum absolute atomic E-state index is 0.564. The number of nitrogens with zero attached hydrogens (tertiary/aromatic N) is 1. The van der Waals surface area contributed by atoms with E-state index in [4.69, 9.17) is 9.47 Å². The summed E-state index contributed by atoms with van der Waals surface area (Å²) in [5.41, 5.74) is 1.11. The molecule has 1 heterocycles. The molecule has 1 aliphatic rings. The summed E-state index contributed by atoms with van der Waals surface area (Å²) in [5, 5.41) is 6.47. The van der Waals surface area contributed by atoms with Crippen LogP contribution in [0.25, 0.3) is 0 Å². The van der Waals surface area contributed by atoms with Crippen molar-refractivity contribution >= 4 is 16.8 Å². The Hall–Kier alpha value is -1.44. The van der Waals surface area contributed by atoms with Gasteiger partial charge in [0.25, 0.3) is 0 Å². The van der Waals surface area contributed by atoms with Crippen molar-refractivity contribution in [3.8, 4) is 0 Å². The van der Waals surface area contributed by atoms with Gasteiger partial charge in [0.2, 0.25) is 0 Å². The maximum Gasteiger partial charge on any atom is 0.191 e. The number of rotatable bonds is 11. The van der Waals surface area contributed by atoms with Crippen LogP contribution in [0.5, 0.6) is 0 Å². The van der Waals surface area contributed by atoms with Crippen LogP contribution in [0.4, 0.5) is 0 Å². The van der Waals surface area contributed by atoms with Gasteiger partial charge in [-0.25, -0.2) is 0 Å². The molecule has 1 fully saturated rings. The van der Waals surface area contributed by atoms with Crippen molar-refractivity contribution in [2.45, 2.75) is 18.6 Å². The number of guanidine groups is 1. The number of ether oxygens (including phenoxy) is 2. The molecule has 1 aliphatic heterocycles. The van der Waals surface area contributed by atoms with Gasteiger partial charge < -0.3 is 20.1 Å². The molecule has 0 saturated carbocycles. The van der Waals surface area contributed by atoms with Crippen LogP contribution in [0.2, 0.25) is 0 Å². The molecular weight excluding hydrogens is 350 g/mol. The maximum absolute atomic E-state index is 12.1. The topological polar surface area (TPSA) is 72.0 Å². The second-order valence-corrected chi connectivity index (χ2v) is 7.93. The van der Waals surface area contributed by atoms with Crippen molar-refractivity contribution in [2.24, 2.45) is 10.9 Å². The largest absolute Gasteiger partial charge is 0.381 e. The highest BCUT2D eigenvalue weighted by molar-refractivity contribution is 7.84. The minimum atomic E-state index is -0.876. The molecule has 7 heteroatoms. The van der Waals surface area contributed by atoms with E-state index in [0.717, 1.165) is 57.3 Å². The van der Waals surface area contributed by atoms with E-state index in [0.29, 0.717) is 24.0 Å². The van der Waals surface area contributed by atoms with Crippen molar-refractivity contribution in [1.29, 1.82) is 0 Å². The van der Waals surface area contributed by atoms with Crippen LogP contribution in [-0.4, -0.2) is 62.5 Å². The molecular formula is C19H31N3O3S. The van der Waals surface area contributed by atoms with Crippen LogP contribution in [0.3, 0.4) is 0 Å². The number of hydrogen-bond donors (Lipinski definition) is 2. The summed E-state index contributed by atoms with van der Waals surface area (Å²) in [5.74, 6) is 2.50. The molecule has 0 aromatic heterocycles. The van der Waals surface area contributed by atoms with E-state index in [9.17, 15) is 4.21 Å². The molecule has 26 heavy (non-hydrogen) atoms. The first-order valence-electron chi connectivity index (χ1n) is 9.27. The third-order valence-electron chi connectivity index (χ3n) is 4.15. The molecule has 1 aromatic rings. The molecule has 1 aromatic carbocycles. The lowest BCUT2D eigenvalue weighted by Gasteiger charge is -2.12. The lowest BCUT2D eigenvalue weighted by molar-refractivity contribution is 0.0888. The Morgan fingerprint density at radius 2 is 2.12 bits per heavy atom. The Morgan fingerprint density at radius 3 is 2.85 bits per heavy atom. The fraction of sp³-hybridized carbons (Fsp3) is 0.632. The van der Waals surface area contributed by atoms with E-state index in [1.54, 1.807) is 7.05 Å². The highest BCUT2D eigenvalue weighted by Crippen LogP contribution is 2.12. The monoisotopic (exact) mass is 381 g/mol. The van der Waals surface area contributed by atoms with Crippen molar-refractivity contribution in [3.63, 3.8) is 0 Å². The zero-order valence-electron chi connectivity index (χ0n) is 15.6. The van der Waals surface area contributed by atoms with E-state index in [2.05, 4.69) is 15.6 Å². The standard InChI is InChI=1S/C19H31N3O3S/c1-20-19(21-9-5-11-24-14-18-8-12-25-15-18)22-10-13-26(23)16-17-6-3-2-4-7-17/h2-4,6-7,18H,5,8-16H2,1H3,(H2,20,21,22). The maximum atomic E-state index is 12.1. The molecule has 0 spiro atoms. The lowest BCUT2D eigenvalue weighted by atomic mass is 10.1. The van der Waals surface area contributed by atoms with Crippen LogP contribution >= 0.6 is 0 Å². The lowest BCUT2D eigenvalue weighted by Crippen LogP contribution is -2.39. The second kappa shape index (κ2) is 12.8. The minimum Gasteiger partial charge on any atom is -0.381 e. The Bertz CT molecular complexity index is 548. The predicted molar refractivity (Wildman–Crippen MR) is 107 cm³/mol. The normalized spacial score (nSPS) is 18.7. The van der Waals surface area contributed by atoms with Gasteiger partial charge >= 0.3 is 0 Å². The molecule has 0 bridgehead atoms. The van der Waals surface area contributed by atoms with Gasteiger partial charge in [-0.1, -0.05) is 30.3 Å². The summed E-state index contributed by atoms with van der Waals surface area (Å²) >= 11 is 0. The quantitative estimate of drug-likeness (QED) is 0.346. The number of hydrogen-bond acceptors (Lipinski definition) is 4. The molecule has 2 unspecified atom stereocenters. The van der Waals surface area contributed by atoms with Gasteiger partial charge in [0.1, 0.15) is 0 Å². The Kier molecular flexibility index (Phi) is 10.3. The van der Waals surface area contributed by atoms with E-state index >= 15 is 0 Å². The zero-order chi connectivity index (χ0) is 18.5. The van der Waals surface area contributed by atoms with Gasteiger partial charge in [0.05, 0.1) is 13.2 Å². The predicted octanol–water partition coefficient (Wildman–Crippen LogP) is 1.54. The molecule has 0 aliphatic carbocycles. The second-order valence-electron chi connectivity index (χ2n) is 6.36. The molecule has 0 radical (unpaired) electrons. The fourth-order valence-electron chi connectivity index (χ4n) is 2.68. The number of aliphatic imine (C=N–C) groups is 1. The number of nitrogens with one attached hydrogen (secondary N) is 2. The molecule has 1 saturated heterocycles. The summed E-state index contributed by atoms with van der Waals surface area (Å²) in [7, 11) is 0.867. The van der Waals surface area contributed by atoms with Crippen molar-refractivity contribution in [1.82, 2.24) is 10.6 Å². The molecule has 2 atom stereocenters. The van der Waals surface area contributed by atoms with Gasteiger partial charge in [0.15, 0.2) is 5.96 Å². The molecule has 146 valence electrons. The third kappa shape index (κ3) is 8.78. The summed E-state index contributed by atoms with van der Waals surface area (Å²) in [6, 6.07) is 9.93.